The minimum atomic E-state index is -0.587. The number of hydrogen-bond donors (Lipinski definition) is 1. The van der Waals surface area contributed by atoms with E-state index in [1.807, 2.05) is 32.0 Å². The third-order valence-corrected chi connectivity index (χ3v) is 5.92. The van der Waals surface area contributed by atoms with Gasteiger partial charge in [-0.3, -0.25) is 14.2 Å². The number of hydrogen-bond acceptors (Lipinski definition) is 4. The molecule has 0 radical (unpaired) electrons. The molecule has 0 saturated carbocycles. The molecule has 0 spiro atoms. The molecule has 2 aromatic carbocycles. The zero-order valence-electron chi connectivity index (χ0n) is 16.3. The second-order valence-electron chi connectivity index (χ2n) is 6.98. The normalized spacial score (nSPS) is 11.0. The Labute approximate surface area is 181 Å². The Kier molecular flexibility index (Phi) is 5.32. The maximum atomic E-state index is 13.3. The van der Waals surface area contributed by atoms with E-state index in [1.54, 1.807) is 36.4 Å². The van der Waals surface area contributed by atoms with Gasteiger partial charge < -0.3 is 5.32 Å². The van der Waals surface area contributed by atoms with Crippen molar-refractivity contribution in [3.8, 4) is 5.69 Å². The summed E-state index contributed by atoms with van der Waals surface area (Å²) in [5.41, 5.74) is 0.995. The van der Waals surface area contributed by atoms with Gasteiger partial charge in [-0.2, -0.15) is 0 Å². The Morgan fingerprint density at radius 1 is 1.07 bits per heavy atom. The Bertz CT molecular complexity index is 1400. The van der Waals surface area contributed by atoms with Gasteiger partial charge >= 0.3 is 5.69 Å². The molecule has 30 heavy (non-hydrogen) atoms. The van der Waals surface area contributed by atoms with E-state index < -0.39 is 11.2 Å². The van der Waals surface area contributed by atoms with Crippen molar-refractivity contribution in [1.29, 1.82) is 0 Å². The maximum absolute atomic E-state index is 13.3. The zero-order valence-corrected chi connectivity index (χ0v) is 17.9. The molecule has 6 nitrogen and oxygen atoms in total. The first kappa shape index (κ1) is 20.1. The van der Waals surface area contributed by atoms with Crippen molar-refractivity contribution in [2.24, 2.45) is 0 Å². The Balaban J connectivity index is 1.84. The molecule has 1 amide bonds. The lowest BCUT2D eigenvalue weighted by Crippen LogP contribution is -2.40. The van der Waals surface area contributed by atoms with Crippen LogP contribution in [0.4, 0.5) is 5.69 Å². The van der Waals surface area contributed by atoms with Crippen LogP contribution in [0.25, 0.3) is 15.9 Å². The van der Waals surface area contributed by atoms with E-state index in [0.29, 0.717) is 26.6 Å². The van der Waals surface area contributed by atoms with Crippen LogP contribution in [0.2, 0.25) is 5.02 Å². The molecule has 152 valence electrons. The van der Waals surface area contributed by atoms with Crippen molar-refractivity contribution in [3.63, 3.8) is 0 Å². The lowest BCUT2D eigenvalue weighted by atomic mass is 10.2. The number of nitrogens with one attached hydrogen (secondary N) is 1. The quantitative estimate of drug-likeness (QED) is 0.519. The van der Waals surface area contributed by atoms with Crippen LogP contribution in [0.1, 0.15) is 10.4 Å². The van der Waals surface area contributed by atoms with Gasteiger partial charge in [-0.05, 0) is 55.8 Å². The predicted molar refractivity (Wildman–Crippen MR) is 121 cm³/mol. The number of aromatic nitrogens is 2. The molecule has 0 aliphatic heterocycles. The summed E-state index contributed by atoms with van der Waals surface area (Å²) in [4.78, 5) is 40.4. The molecule has 4 aromatic rings. The molecule has 0 aliphatic carbocycles. The first-order chi connectivity index (χ1) is 14.3. The van der Waals surface area contributed by atoms with Crippen LogP contribution in [0, 0.1) is 13.8 Å². The molecule has 0 atom stereocenters. The Hall–Kier alpha value is -3.16. The summed E-state index contributed by atoms with van der Waals surface area (Å²) in [6.45, 7) is 3.57. The Morgan fingerprint density at radius 3 is 2.57 bits per heavy atom. The summed E-state index contributed by atoms with van der Waals surface area (Å²) in [5, 5.41) is 3.61. The van der Waals surface area contributed by atoms with Gasteiger partial charge in [-0.15, -0.1) is 11.3 Å². The van der Waals surface area contributed by atoms with Crippen molar-refractivity contribution in [3.05, 3.63) is 90.9 Å². The third kappa shape index (κ3) is 3.81. The van der Waals surface area contributed by atoms with Crippen LogP contribution in [0.15, 0.2) is 64.2 Å². The summed E-state index contributed by atoms with van der Waals surface area (Å²) >= 11 is 7.37. The van der Waals surface area contributed by atoms with E-state index in [2.05, 4.69) is 5.32 Å². The highest BCUT2D eigenvalue weighted by molar-refractivity contribution is 7.18. The van der Waals surface area contributed by atoms with Crippen LogP contribution in [-0.4, -0.2) is 15.0 Å². The van der Waals surface area contributed by atoms with Gasteiger partial charge in [0.05, 0.1) is 11.1 Å². The highest BCUT2D eigenvalue weighted by Crippen LogP contribution is 2.22. The summed E-state index contributed by atoms with van der Waals surface area (Å²) in [6.07, 6.45) is 0. The molecule has 8 heteroatoms. The number of rotatable bonds is 4. The van der Waals surface area contributed by atoms with Gasteiger partial charge in [0.2, 0.25) is 5.91 Å². The van der Waals surface area contributed by atoms with Crippen LogP contribution in [0.3, 0.4) is 0 Å². The number of aryl methyl sites for hydroxylation is 2. The van der Waals surface area contributed by atoms with Crippen molar-refractivity contribution in [2.45, 2.75) is 20.4 Å². The summed E-state index contributed by atoms with van der Waals surface area (Å²) in [7, 11) is 0. The molecule has 2 aromatic heterocycles. The van der Waals surface area contributed by atoms with Gasteiger partial charge in [0.25, 0.3) is 5.56 Å². The van der Waals surface area contributed by atoms with E-state index in [0.717, 1.165) is 15.0 Å². The fourth-order valence-corrected chi connectivity index (χ4v) is 4.50. The van der Waals surface area contributed by atoms with Gasteiger partial charge in [-0.25, -0.2) is 9.36 Å². The molecule has 0 aliphatic rings. The number of halogens is 1. The molecule has 2 heterocycles. The molecule has 1 N–H and O–H groups in total. The number of anilines is 1. The summed E-state index contributed by atoms with van der Waals surface area (Å²) in [5.74, 6) is -0.355. The van der Waals surface area contributed by atoms with E-state index in [1.165, 1.54) is 15.9 Å². The number of benzene rings is 2. The fraction of sp³-hybridized carbons (Fsp3) is 0.136. The summed E-state index contributed by atoms with van der Waals surface area (Å²) < 4.78 is 2.39. The van der Waals surface area contributed by atoms with E-state index in [-0.39, 0.29) is 12.5 Å². The van der Waals surface area contributed by atoms with Crippen LogP contribution >= 0.6 is 22.9 Å². The third-order valence-electron chi connectivity index (χ3n) is 4.61. The minimum Gasteiger partial charge on any atom is -0.325 e. The van der Waals surface area contributed by atoms with Crippen molar-refractivity contribution in [1.82, 2.24) is 9.13 Å². The van der Waals surface area contributed by atoms with Crippen LogP contribution in [-0.2, 0) is 11.3 Å². The standard InChI is InChI=1S/C22H18ClN3O3S/c1-13-5-3-7-16(9-13)24-19(27)12-25-21-18(10-14(2)30-21)20(28)26(22(25)29)17-8-4-6-15(23)11-17/h3-11H,12H2,1-2H3,(H,24,27). The zero-order chi connectivity index (χ0) is 21.4. The first-order valence-electron chi connectivity index (χ1n) is 9.22. The van der Waals surface area contributed by atoms with Gasteiger partial charge in [0.1, 0.15) is 11.4 Å². The number of nitrogens with zero attached hydrogens (tertiary/aromatic N) is 2. The molecule has 0 unspecified atom stereocenters. The summed E-state index contributed by atoms with van der Waals surface area (Å²) in [6, 6.07) is 15.7. The molecular weight excluding hydrogens is 422 g/mol. The number of carbonyl (C=O) groups is 1. The number of fused-ring (bicyclic) bond motifs is 1. The topological polar surface area (TPSA) is 73.1 Å². The van der Waals surface area contributed by atoms with Gasteiger partial charge in [-0.1, -0.05) is 29.8 Å². The minimum absolute atomic E-state index is 0.218. The molecular formula is C22H18ClN3O3S. The molecule has 4 rings (SSSR count). The van der Waals surface area contributed by atoms with Crippen LogP contribution in [0.5, 0.6) is 0 Å². The van der Waals surface area contributed by atoms with Crippen molar-refractivity contribution >= 4 is 44.7 Å². The van der Waals surface area contributed by atoms with E-state index in [4.69, 9.17) is 11.6 Å². The smallest absolute Gasteiger partial charge is 0.325 e. The molecule has 0 bridgehead atoms. The predicted octanol–water partition coefficient (Wildman–Crippen LogP) is 4.12. The average molecular weight is 440 g/mol. The second-order valence-corrected chi connectivity index (χ2v) is 8.65. The SMILES string of the molecule is Cc1cccc(NC(=O)Cn2c(=O)n(-c3cccc(Cl)c3)c(=O)c3cc(C)sc32)c1. The highest BCUT2D eigenvalue weighted by atomic mass is 35.5. The Morgan fingerprint density at radius 2 is 1.83 bits per heavy atom. The van der Waals surface area contributed by atoms with E-state index >= 15 is 0 Å². The monoisotopic (exact) mass is 439 g/mol. The van der Waals surface area contributed by atoms with Crippen molar-refractivity contribution in [2.75, 3.05) is 5.32 Å². The van der Waals surface area contributed by atoms with Crippen molar-refractivity contribution < 1.29 is 4.79 Å². The largest absolute Gasteiger partial charge is 0.337 e. The average Bonchev–Trinajstić information content (AvgIpc) is 3.07. The first-order valence-corrected chi connectivity index (χ1v) is 10.4. The molecule has 0 fully saturated rings. The highest BCUT2D eigenvalue weighted by Gasteiger charge is 2.19. The fourth-order valence-electron chi connectivity index (χ4n) is 3.32. The second kappa shape index (κ2) is 7.93. The number of carbonyl (C=O) groups excluding carboxylic acids is 1. The van der Waals surface area contributed by atoms with Gasteiger partial charge in [0, 0.05) is 15.6 Å². The number of thiophene rings is 1. The number of amides is 1. The van der Waals surface area contributed by atoms with Gasteiger partial charge in [0.15, 0.2) is 0 Å². The van der Waals surface area contributed by atoms with E-state index in [9.17, 15) is 14.4 Å². The lowest BCUT2D eigenvalue weighted by molar-refractivity contribution is -0.116. The lowest BCUT2D eigenvalue weighted by Gasteiger charge is -2.12. The maximum Gasteiger partial charge on any atom is 0.337 e. The van der Waals surface area contributed by atoms with Crippen LogP contribution < -0.4 is 16.6 Å². The molecule has 0 saturated heterocycles.